The SMILES string of the molecule is COc1cc(F)c(C(=O)CC(C)CN)cc1F. The van der Waals surface area contributed by atoms with E-state index in [9.17, 15) is 13.6 Å². The predicted molar refractivity (Wildman–Crippen MR) is 60.1 cm³/mol. The van der Waals surface area contributed by atoms with Crippen molar-refractivity contribution in [1.29, 1.82) is 0 Å². The highest BCUT2D eigenvalue weighted by Gasteiger charge is 2.18. The van der Waals surface area contributed by atoms with Gasteiger partial charge in [-0.05, 0) is 18.5 Å². The zero-order valence-corrected chi connectivity index (χ0v) is 9.80. The van der Waals surface area contributed by atoms with Crippen molar-refractivity contribution < 1.29 is 18.3 Å². The summed E-state index contributed by atoms with van der Waals surface area (Å²) in [6.45, 7) is 2.10. The molecule has 1 rings (SSSR count). The fraction of sp³-hybridized carbons (Fsp3) is 0.417. The number of rotatable bonds is 5. The van der Waals surface area contributed by atoms with Crippen LogP contribution >= 0.6 is 0 Å². The maximum Gasteiger partial charge on any atom is 0.166 e. The highest BCUT2D eigenvalue weighted by atomic mass is 19.1. The third-order valence-electron chi connectivity index (χ3n) is 2.48. The summed E-state index contributed by atoms with van der Waals surface area (Å²) in [7, 11) is 1.23. The van der Waals surface area contributed by atoms with Gasteiger partial charge in [0.2, 0.25) is 0 Å². The van der Waals surface area contributed by atoms with Crippen LogP contribution in [0.25, 0.3) is 0 Å². The number of benzene rings is 1. The average molecular weight is 243 g/mol. The van der Waals surface area contributed by atoms with Crippen LogP contribution in [0.2, 0.25) is 0 Å². The minimum atomic E-state index is -0.780. The maximum atomic E-state index is 13.5. The molecule has 0 bridgehead atoms. The third kappa shape index (κ3) is 3.23. The molecule has 0 aromatic heterocycles. The van der Waals surface area contributed by atoms with Crippen LogP contribution in [0.3, 0.4) is 0 Å². The second-order valence-corrected chi connectivity index (χ2v) is 3.93. The van der Waals surface area contributed by atoms with Crippen molar-refractivity contribution in [1.82, 2.24) is 0 Å². The summed E-state index contributed by atoms with van der Waals surface area (Å²) >= 11 is 0. The number of carbonyl (C=O) groups is 1. The van der Waals surface area contributed by atoms with Crippen molar-refractivity contribution in [3.8, 4) is 5.75 Å². The standard InChI is InChI=1S/C12H15F2NO2/c1-7(6-15)3-11(16)8-4-10(14)12(17-2)5-9(8)13/h4-5,7H,3,6,15H2,1-2H3. The van der Waals surface area contributed by atoms with Gasteiger partial charge in [-0.3, -0.25) is 4.79 Å². The van der Waals surface area contributed by atoms with E-state index in [4.69, 9.17) is 5.73 Å². The lowest BCUT2D eigenvalue weighted by Gasteiger charge is -2.09. The number of Topliss-reactive ketones (excluding diaryl/α,β-unsaturated/α-hetero) is 1. The van der Waals surface area contributed by atoms with E-state index in [0.29, 0.717) is 6.54 Å². The Morgan fingerprint density at radius 1 is 1.41 bits per heavy atom. The van der Waals surface area contributed by atoms with Gasteiger partial charge in [0.25, 0.3) is 0 Å². The Labute approximate surface area is 98.6 Å². The number of nitrogens with two attached hydrogens (primary N) is 1. The molecule has 0 spiro atoms. The van der Waals surface area contributed by atoms with Crippen molar-refractivity contribution in [3.05, 3.63) is 29.3 Å². The van der Waals surface area contributed by atoms with Crippen LogP contribution in [0.4, 0.5) is 8.78 Å². The van der Waals surface area contributed by atoms with E-state index in [2.05, 4.69) is 4.74 Å². The predicted octanol–water partition coefficient (Wildman–Crippen LogP) is 2.14. The maximum absolute atomic E-state index is 13.5. The van der Waals surface area contributed by atoms with Gasteiger partial charge in [0.05, 0.1) is 12.7 Å². The van der Waals surface area contributed by atoms with E-state index < -0.39 is 17.4 Å². The fourth-order valence-corrected chi connectivity index (χ4v) is 1.41. The van der Waals surface area contributed by atoms with Crippen LogP contribution in [0.5, 0.6) is 5.75 Å². The van der Waals surface area contributed by atoms with Crippen LogP contribution < -0.4 is 10.5 Å². The molecule has 3 nitrogen and oxygen atoms in total. The van der Waals surface area contributed by atoms with Crippen LogP contribution in [-0.2, 0) is 0 Å². The highest BCUT2D eigenvalue weighted by molar-refractivity contribution is 5.96. The topological polar surface area (TPSA) is 52.3 Å². The van der Waals surface area contributed by atoms with Gasteiger partial charge in [-0.15, -0.1) is 0 Å². The van der Waals surface area contributed by atoms with Crippen molar-refractivity contribution in [2.75, 3.05) is 13.7 Å². The monoisotopic (exact) mass is 243 g/mol. The first-order chi connectivity index (χ1) is 7.99. The first-order valence-electron chi connectivity index (χ1n) is 5.25. The lowest BCUT2D eigenvalue weighted by Crippen LogP contribution is -2.16. The van der Waals surface area contributed by atoms with Gasteiger partial charge in [-0.2, -0.15) is 0 Å². The molecule has 1 unspecified atom stereocenters. The van der Waals surface area contributed by atoms with Gasteiger partial charge in [0.15, 0.2) is 17.3 Å². The second-order valence-electron chi connectivity index (χ2n) is 3.93. The van der Waals surface area contributed by atoms with Crippen LogP contribution in [0, 0.1) is 17.6 Å². The first kappa shape index (κ1) is 13.6. The molecule has 94 valence electrons. The molecular weight excluding hydrogens is 228 g/mol. The normalized spacial score (nSPS) is 12.3. The Morgan fingerprint density at radius 3 is 2.59 bits per heavy atom. The molecule has 0 saturated heterocycles. The molecular formula is C12H15F2NO2. The van der Waals surface area contributed by atoms with Gasteiger partial charge in [0.1, 0.15) is 5.82 Å². The molecule has 0 aliphatic heterocycles. The minimum Gasteiger partial charge on any atom is -0.494 e. The van der Waals surface area contributed by atoms with E-state index in [1.54, 1.807) is 6.92 Å². The molecule has 1 aromatic rings. The minimum absolute atomic E-state index is 0.0629. The summed E-state index contributed by atoms with van der Waals surface area (Å²) in [4.78, 5) is 11.7. The van der Waals surface area contributed by atoms with Gasteiger partial charge < -0.3 is 10.5 Å². The second kappa shape index (κ2) is 5.72. The molecule has 5 heteroatoms. The summed E-state index contributed by atoms with van der Waals surface area (Å²) in [5.41, 5.74) is 5.11. The number of hydrogen-bond donors (Lipinski definition) is 1. The van der Waals surface area contributed by atoms with Crippen LogP contribution in [0.1, 0.15) is 23.7 Å². The molecule has 1 aromatic carbocycles. The average Bonchev–Trinajstić information content (AvgIpc) is 2.31. The van der Waals surface area contributed by atoms with Gasteiger partial charge in [0, 0.05) is 12.5 Å². The van der Waals surface area contributed by atoms with Gasteiger partial charge in [-0.25, -0.2) is 8.78 Å². The molecule has 17 heavy (non-hydrogen) atoms. The smallest absolute Gasteiger partial charge is 0.166 e. The number of ether oxygens (including phenoxy) is 1. The number of methoxy groups -OCH3 is 1. The van der Waals surface area contributed by atoms with Crippen molar-refractivity contribution >= 4 is 5.78 Å². The molecule has 0 aliphatic carbocycles. The van der Waals surface area contributed by atoms with E-state index in [-0.39, 0.29) is 23.7 Å². The molecule has 0 radical (unpaired) electrons. The first-order valence-corrected chi connectivity index (χ1v) is 5.25. The lowest BCUT2D eigenvalue weighted by molar-refractivity contribution is 0.0961. The largest absolute Gasteiger partial charge is 0.494 e. The summed E-state index contributed by atoms with van der Waals surface area (Å²) < 4.78 is 31.5. The van der Waals surface area contributed by atoms with Crippen molar-refractivity contribution in [2.45, 2.75) is 13.3 Å². The quantitative estimate of drug-likeness (QED) is 0.806. The van der Waals surface area contributed by atoms with E-state index in [1.807, 2.05) is 0 Å². The number of hydrogen-bond acceptors (Lipinski definition) is 3. The number of halogens is 2. The van der Waals surface area contributed by atoms with E-state index >= 15 is 0 Å². The number of carbonyl (C=O) groups excluding carboxylic acids is 1. The van der Waals surface area contributed by atoms with Gasteiger partial charge in [-0.1, -0.05) is 6.92 Å². The fourth-order valence-electron chi connectivity index (χ4n) is 1.41. The third-order valence-corrected chi connectivity index (χ3v) is 2.48. The summed E-state index contributed by atoms with van der Waals surface area (Å²) in [6, 6.07) is 1.73. The molecule has 0 fully saturated rings. The summed E-state index contributed by atoms with van der Waals surface area (Å²) in [5.74, 6) is -2.27. The molecule has 1 atom stereocenters. The summed E-state index contributed by atoms with van der Waals surface area (Å²) in [5, 5.41) is 0. The number of ketones is 1. The Balaban J connectivity index is 2.98. The highest BCUT2D eigenvalue weighted by Crippen LogP contribution is 2.22. The van der Waals surface area contributed by atoms with Crippen LogP contribution in [0.15, 0.2) is 12.1 Å². The van der Waals surface area contributed by atoms with Crippen LogP contribution in [-0.4, -0.2) is 19.4 Å². The Kier molecular flexibility index (Phi) is 4.57. The Hall–Kier alpha value is -1.49. The lowest BCUT2D eigenvalue weighted by atomic mass is 9.99. The van der Waals surface area contributed by atoms with Gasteiger partial charge >= 0.3 is 0 Å². The molecule has 0 heterocycles. The van der Waals surface area contributed by atoms with Crippen molar-refractivity contribution in [2.24, 2.45) is 11.7 Å². The Bertz CT molecular complexity index is 421. The summed E-state index contributed by atoms with van der Waals surface area (Å²) in [6.07, 6.45) is 0.0964. The zero-order chi connectivity index (χ0) is 13.0. The van der Waals surface area contributed by atoms with E-state index in [0.717, 1.165) is 12.1 Å². The molecule has 2 N–H and O–H groups in total. The van der Waals surface area contributed by atoms with E-state index in [1.165, 1.54) is 7.11 Å². The molecule has 0 amide bonds. The Morgan fingerprint density at radius 2 is 2.06 bits per heavy atom. The van der Waals surface area contributed by atoms with Crippen molar-refractivity contribution in [3.63, 3.8) is 0 Å². The molecule has 0 aliphatic rings. The zero-order valence-electron chi connectivity index (χ0n) is 9.80. The molecule has 0 saturated carbocycles.